The van der Waals surface area contributed by atoms with Crippen molar-refractivity contribution in [1.82, 2.24) is 19.9 Å². The van der Waals surface area contributed by atoms with Crippen LogP contribution >= 0.6 is 0 Å². The summed E-state index contributed by atoms with van der Waals surface area (Å²) in [6, 6.07) is 25.4. The van der Waals surface area contributed by atoms with Gasteiger partial charge in [0.2, 0.25) is 0 Å². The zero-order chi connectivity index (χ0) is 20.9. The molecule has 0 aliphatic rings. The molecule has 0 aliphatic carbocycles. The second kappa shape index (κ2) is 8.74. The highest BCUT2D eigenvalue weighted by atomic mass is 16.2. The number of aromatic nitrogens is 3. The van der Waals surface area contributed by atoms with Crippen LogP contribution in [0.3, 0.4) is 0 Å². The lowest BCUT2D eigenvalue weighted by Gasteiger charge is -2.18. The first kappa shape index (κ1) is 19.6. The van der Waals surface area contributed by atoms with Crippen LogP contribution in [0.4, 0.5) is 0 Å². The lowest BCUT2D eigenvalue weighted by atomic mass is 10.0. The SMILES string of the molecule is CC[C@H](NC(=O)c1c(-c2ccccc2)nc(-c2ccccn2)n1C)c1ccccc1. The van der Waals surface area contributed by atoms with Gasteiger partial charge in [0.05, 0.1) is 6.04 Å². The number of hydrogen-bond acceptors (Lipinski definition) is 3. The molecule has 0 aliphatic heterocycles. The first-order valence-corrected chi connectivity index (χ1v) is 10.1. The number of benzene rings is 2. The minimum Gasteiger partial charge on any atom is -0.344 e. The van der Waals surface area contributed by atoms with Gasteiger partial charge in [-0.25, -0.2) is 4.98 Å². The Morgan fingerprint density at radius 3 is 2.27 bits per heavy atom. The first-order valence-electron chi connectivity index (χ1n) is 10.1. The molecule has 2 aromatic carbocycles. The summed E-state index contributed by atoms with van der Waals surface area (Å²) in [5.74, 6) is 0.508. The Kier molecular flexibility index (Phi) is 5.70. The fourth-order valence-electron chi connectivity index (χ4n) is 3.61. The number of rotatable bonds is 6. The largest absolute Gasteiger partial charge is 0.344 e. The molecule has 30 heavy (non-hydrogen) atoms. The topological polar surface area (TPSA) is 59.8 Å². The second-order valence-electron chi connectivity index (χ2n) is 7.12. The number of nitrogens with one attached hydrogen (secondary N) is 1. The second-order valence-corrected chi connectivity index (χ2v) is 7.12. The molecule has 1 N–H and O–H groups in total. The highest BCUT2D eigenvalue weighted by molar-refractivity contribution is 5.99. The van der Waals surface area contributed by atoms with E-state index in [1.807, 2.05) is 90.5 Å². The van der Waals surface area contributed by atoms with Crippen LogP contribution in [0, 0.1) is 0 Å². The smallest absolute Gasteiger partial charge is 0.270 e. The minimum absolute atomic E-state index is 0.0736. The quantitative estimate of drug-likeness (QED) is 0.497. The van der Waals surface area contributed by atoms with Gasteiger partial charge in [-0.05, 0) is 24.1 Å². The molecule has 0 unspecified atom stereocenters. The van der Waals surface area contributed by atoms with Crippen LogP contribution in [-0.2, 0) is 7.05 Å². The summed E-state index contributed by atoms with van der Waals surface area (Å²) in [6.07, 6.45) is 2.52. The summed E-state index contributed by atoms with van der Waals surface area (Å²) in [4.78, 5) is 22.7. The van der Waals surface area contributed by atoms with Crippen molar-refractivity contribution in [2.24, 2.45) is 7.05 Å². The summed E-state index contributed by atoms with van der Waals surface area (Å²) in [5.41, 5.74) is 3.89. The Bertz CT molecular complexity index is 1120. The van der Waals surface area contributed by atoms with E-state index in [0.29, 0.717) is 17.2 Å². The minimum atomic E-state index is -0.151. The number of hydrogen-bond donors (Lipinski definition) is 1. The lowest BCUT2D eigenvalue weighted by molar-refractivity contribution is 0.0928. The van der Waals surface area contributed by atoms with Crippen LogP contribution in [-0.4, -0.2) is 20.4 Å². The van der Waals surface area contributed by atoms with Crippen molar-refractivity contribution in [2.75, 3.05) is 0 Å². The molecule has 0 saturated carbocycles. The lowest BCUT2D eigenvalue weighted by Crippen LogP contribution is -2.30. The molecule has 5 nitrogen and oxygen atoms in total. The maximum Gasteiger partial charge on any atom is 0.270 e. The van der Waals surface area contributed by atoms with Gasteiger partial charge in [0, 0.05) is 18.8 Å². The predicted octanol–water partition coefficient (Wildman–Crippen LogP) is 5.03. The molecule has 5 heteroatoms. The molecule has 2 aromatic heterocycles. The van der Waals surface area contributed by atoms with Crippen molar-refractivity contribution in [1.29, 1.82) is 0 Å². The van der Waals surface area contributed by atoms with Crippen molar-refractivity contribution in [3.8, 4) is 22.8 Å². The van der Waals surface area contributed by atoms with E-state index < -0.39 is 0 Å². The third-order valence-electron chi connectivity index (χ3n) is 5.17. The van der Waals surface area contributed by atoms with Gasteiger partial charge >= 0.3 is 0 Å². The molecule has 0 radical (unpaired) electrons. The molecular weight excluding hydrogens is 372 g/mol. The normalized spacial score (nSPS) is 11.8. The maximum atomic E-state index is 13.5. The first-order chi connectivity index (χ1) is 14.7. The Morgan fingerprint density at radius 1 is 0.967 bits per heavy atom. The van der Waals surface area contributed by atoms with Crippen molar-refractivity contribution in [2.45, 2.75) is 19.4 Å². The van der Waals surface area contributed by atoms with Crippen molar-refractivity contribution in [3.05, 3.63) is 96.3 Å². The van der Waals surface area contributed by atoms with Crippen LogP contribution in [0.25, 0.3) is 22.8 Å². The summed E-state index contributed by atoms with van der Waals surface area (Å²) < 4.78 is 1.83. The molecule has 0 fully saturated rings. The highest BCUT2D eigenvalue weighted by Gasteiger charge is 2.25. The van der Waals surface area contributed by atoms with Gasteiger partial charge < -0.3 is 9.88 Å². The van der Waals surface area contributed by atoms with Crippen LogP contribution < -0.4 is 5.32 Å². The molecule has 4 aromatic rings. The number of amides is 1. The molecule has 0 saturated heterocycles. The van der Waals surface area contributed by atoms with E-state index in [1.54, 1.807) is 6.20 Å². The van der Waals surface area contributed by atoms with Crippen molar-refractivity contribution in [3.63, 3.8) is 0 Å². The molecule has 0 spiro atoms. The maximum absolute atomic E-state index is 13.5. The van der Waals surface area contributed by atoms with E-state index in [2.05, 4.69) is 17.2 Å². The monoisotopic (exact) mass is 396 g/mol. The number of nitrogens with zero attached hydrogens (tertiary/aromatic N) is 3. The third kappa shape index (κ3) is 3.87. The van der Waals surface area contributed by atoms with Gasteiger partial charge in [0.25, 0.3) is 5.91 Å². The van der Waals surface area contributed by atoms with E-state index in [0.717, 1.165) is 23.2 Å². The van der Waals surface area contributed by atoms with Gasteiger partial charge in [-0.1, -0.05) is 73.7 Å². The van der Waals surface area contributed by atoms with Gasteiger partial charge in [0.15, 0.2) is 5.82 Å². The Labute approximate surface area is 176 Å². The summed E-state index contributed by atoms with van der Waals surface area (Å²) in [6.45, 7) is 2.07. The van der Waals surface area contributed by atoms with E-state index in [-0.39, 0.29) is 11.9 Å². The summed E-state index contributed by atoms with van der Waals surface area (Å²) >= 11 is 0. The zero-order valence-electron chi connectivity index (χ0n) is 17.1. The Balaban J connectivity index is 1.77. The average Bonchev–Trinajstić information content (AvgIpc) is 3.16. The molecule has 1 atom stereocenters. The number of carbonyl (C=O) groups excluding carboxylic acids is 1. The van der Waals surface area contributed by atoms with Crippen LogP contribution in [0.1, 0.15) is 35.4 Å². The van der Waals surface area contributed by atoms with Crippen molar-refractivity contribution < 1.29 is 4.79 Å². The third-order valence-corrected chi connectivity index (χ3v) is 5.17. The molecule has 2 heterocycles. The summed E-state index contributed by atoms with van der Waals surface area (Å²) in [5, 5.41) is 3.19. The zero-order valence-corrected chi connectivity index (χ0v) is 17.1. The summed E-state index contributed by atoms with van der Waals surface area (Å²) in [7, 11) is 1.86. The fourth-order valence-corrected chi connectivity index (χ4v) is 3.61. The van der Waals surface area contributed by atoms with Gasteiger partial charge in [-0.15, -0.1) is 0 Å². The molecule has 4 rings (SSSR count). The van der Waals surface area contributed by atoms with Gasteiger partial charge in [0.1, 0.15) is 17.1 Å². The average molecular weight is 396 g/mol. The van der Waals surface area contributed by atoms with E-state index in [4.69, 9.17) is 4.98 Å². The molecule has 150 valence electrons. The Hall–Kier alpha value is -3.73. The Morgan fingerprint density at radius 2 is 1.63 bits per heavy atom. The van der Waals surface area contributed by atoms with E-state index in [1.165, 1.54) is 0 Å². The van der Waals surface area contributed by atoms with Crippen LogP contribution in [0.2, 0.25) is 0 Å². The van der Waals surface area contributed by atoms with E-state index >= 15 is 0 Å². The van der Waals surface area contributed by atoms with Crippen molar-refractivity contribution >= 4 is 5.91 Å². The standard InChI is InChI=1S/C25H24N4O/c1-3-20(18-12-6-4-7-13-18)27-25(30)23-22(19-14-8-5-9-15-19)28-24(29(23)2)21-16-10-11-17-26-21/h4-17,20H,3H2,1-2H3,(H,27,30)/t20-/m0/s1. The number of imidazole rings is 1. The van der Waals surface area contributed by atoms with Crippen LogP contribution in [0.15, 0.2) is 85.1 Å². The van der Waals surface area contributed by atoms with Gasteiger partial charge in [-0.2, -0.15) is 0 Å². The fraction of sp³-hybridized carbons (Fsp3) is 0.160. The molecule has 0 bridgehead atoms. The highest BCUT2D eigenvalue weighted by Crippen LogP contribution is 2.28. The van der Waals surface area contributed by atoms with Gasteiger partial charge in [-0.3, -0.25) is 9.78 Å². The van der Waals surface area contributed by atoms with Crippen LogP contribution in [0.5, 0.6) is 0 Å². The number of pyridine rings is 1. The predicted molar refractivity (Wildman–Crippen MR) is 119 cm³/mol. The number of carbonyl (C=O) groups is 1. The molecular formula is C25H24N4O. The van der Waals surface area contributed by atoms with E-state index in [9.17, 15) is 4.79 Å². The molecule has 1 amide bonds.